The van der Waals surface area contributed by atoms with Gasteiger partial charge in [-0.1, -0.05) is 41.9 Å². The Labute approximate surface area is 144 Å². The molecule has 4 rings (SSSR count). The van der Waals surface area contributed by atoms with Gasteiger partial charge in [-0.15, -0.1) is 0 Å². The monoisotopic (exact) mass is 337 g/mol. The fourth-order valence-electron chi connectivity index (χ4n) is 2.84. The third kappa shape index (κ3) is 2.96. The van der Waals surface area contributed by atoms with Crippen LogP contribution in [0, 0.1) is 6.92 Å². The second-order valence-electron chi connectivity index (χ2n) is 5.75. The van der Waals surface area contributed by atoms with Gasteiger partial charge in [-0.3, -0.25) is 0 Å². The number of amidine groups is 1. The van der Waals surface area contributed by atoms with Gasteiger partial charge in [0.05, 0.1) is 11.6 Å². The Hall–Kier alpha value is -2.50. The minimum atomic E-state index is 0.197. The lowest BCUT2D eigenvalue weighted by Gasteiger charge is -2.07. The van der Waals surface area contributed by atoms with E-state index >= 15 is 0 Å². The maximum absolute atomic E-state index is 6.12. The van der Waals surface area contributed by atoms with Crippen LogP contribution in [0.3, 0.4) is 0 Å². The maximum atomic E-state index is 6.12. The molecule has 0 radical (unpaired) electrons. The van der Waals surface area contributed by atoms with Gasteiger partial charge in [0.25, 0.3) is 0 Å². The molecule has 3 aromatic rings. The van der Waals surface area contributed by atoms with E-state index < -0.39 is 0 Å². The summed E-state index contributed by atoms with van der Waals surface area (Å²) in [5.41, 5.74) is 8.49. The van der Waals surface area contributed by atoms with E-state index in [1.165, 1.54) is 5.56 Å². The van der Waals surface area contributed by atoms with Crippen molar-refractivity contribution in [2.75, 3.05) is 0 Å². The molecular formula is C18H16ClN5. The fourth-order valence-corrected chi connectivity index (χ4v) is 3.01. The first-order valence-corrected chi connectivity index (χ1v) is 8.15. The molecule has 0 spiro atoms. The lowest BCUT2D eigenvalue weighted by atomic mass is 10.1. The quantitative estimate of drug-likeness (QED) is 0.745. The molecule has 0 amide bonds. The van der Waals surface area contributed by atoms with Crippen LogP contribution >= 0.6 is 11.6 Å². The highest BCUT2D eigenvalue weighted by Gasteiger charge is 2.21. The summed E-state index contributed by atoms with van der Waals surface area (Å²) >= 11 is 6.12. The lowest BCUT2D eigenvalue weighted by molar-refractivity contribution is 0.588. The van der Waals surface area contributed by atoms with Gasteiger partial charge in [0.1, 0.15) is 11.7 Å². The number of aromatic nitrogens is 2. The number of nitrogens with zero attached hydrogens (tertiary/aromatic N) is 3. The van der Waals surface area contributed by atoms with Gasteiger partial charge in [-0.2, -0.15) is 0 Å². The Morgan fingerprint density at radius 3 is 2.79 bits per heavy atom. The number of fused-ring (bicyclic) bond motifs is 1. The Bertz CT molecular complexity index is 923. The van der Waals surface area contributed by atoms with Crippen LogP contribution in [0.5, 0.6) is 0 Å². The van der Waals surface area contributed by atoms with E-state index in [0.29, 0.717) is 16.7 Å². The maximum Gasteiger partial charge on any atom is 0.165 e. The number of hydrogen-bond acceptors (Lipinski definition) is 4. The Balaban J connectivity index is 1.69. The molecule has 1 saturated heterocycles. The van der Waals surface area contributed by atoms with Crippen LogP contribution < -0.4 is 10.9 Å². The highest BCUT2D eigenvalue weighted by Crippen LogP contribution is 2.27. The van der Waals surface area contributed by atoms with E-state index in [9.17, 15) is 0 Å². The first-order chi connectivity index (χ1) is 11.7. The lowest BCUT2D eigenvalue weighted by Crippen LogP contribution is -2.27. The van der Waals surface area contributed by atoms with Gasteiger partial charge in [-0.05, 0) is 30.7 Å². The van der Waals surface area contributed by atoms with Gasteiger partial charge >= 0.3 is 0 Å². The van der Waals surface area contributed by atoms with Crippen molar-refractivity contribution in [3.05, 3.63) is 64.9 Å². The van der Waals surface area contributed by atoms with E-state index in [2.05, 4.69) is 33.0 Å². The van der Waals surface area contributed by atoms with Crippen LogP contribution in [0.1, 0.15) is 23.9 Å². The molecule has 0 aliphatic carbocycles. The molecule has 0 bridgehead atoms. The van der Waals surface area contributed by atoms with Crippen LogP contribution in [0.2, 0.25) is 5.02 Å². The zero-order valence-electron chi connectivity index (χ0n) is 13.1. The highest BCUT2D eigenvalue weighted by atomic mass is 35.5. The first kappa shape index (κ1) is 15.1. The second kappa shape index (κ2) is 6.19. The molecule has 120 valence electrons. The standard InChI is InChI=1S/C18H16ClN5/c1-11-20-15-8-7-13(19)9-14(15)18(21-11)22-17-10-16(23-24-17)12-5-3-2-4-6-12/h2-9,16,23H,10H2,1H3,(H,20,21,22,24). The van der Waals surface area contributed by atoms with E-state index in [-0.39, 0.29) is 6.04 Å². The Morgan fingerprint density at radius 1 is 1.12 bits per heavy atom. The first-order valence-electron chi connectivity index (χ1n) is 7.77. The molecule has 1 aliphatic heterocycles. The van der Waals surface area contributed by atoms with Crippen molar-refractivity contribution in [2.45, 2.75) is 19.4 Å². The number of rotatable bonds is 2. The summed E-state index contributed by atoms with van der Waals surface area (Å²) in [6, 6.07) is 16.1. The summed E-state index contributed by atoms with van der Waals surface area (Å²) in [7, 11) is 0. The minimum absolute atomic E-state index is 0.197. The Kier molecular flexibility index (Phi) is 3.88. The molecule has 1 fully saturated rings. The largest absolute Gasteiger partial charge is 0.309 e. The summed E-state index contributed by atoms with van der Waals surface area (Å²) in [5.74, 6) is 2.18. The molecule has 6 heteroatoms. The number of nitrogens with one attached hydrogen (secondary N) is 2. The molecule has 1 atom stereocenters. The van der Waals surface area contributed by atoms with E-state index in [4.69, 9.17) is 16.6 Å². The molecule has 24 heavy (non-hydrogen) atoms. The molecule has 0 saturated carbocycles. The predicted octanol–water partition coefficient (Wildman–Crippen LogP) is 3.86. The average Bonchev–Trinajstić information content (AvgIpc) is 3.05. The topological polar surface area (TPSA) is 62.2 Å². The number of halogens is 1. The summed E-state index contributed by atoms with van der Waals surface area (Å²) in [6.45, 7) is 1.87. The van der Waals surface area contributed by atoms with Crippen molar-refractivity contribution in [3.8, 4) is 0 Å². The third-order valence-corrected chi connectivity index (χ3v) is 4.22. The van der Waals surface area contributed by atoms with Gasteiger partial charge in [0.2, 0.25) is 0 Å². The third-order valence-electron chi connectivity index (χ3n) is 3.98. The van der Waals surface area contributed by atoms with Gasteiger partial charge < -0.3 is 5.43 Å². The SMILES string of the molecule is Cc1nc(N=C2CC(c3ccccc3)NN2)c2cc(Cl)ccc2n1. The summed E-state index contributed by atoms with van der Waals surface area (Å²) in [4.78, 5) is 13.6. The van der Waals surface area contributed by atoms with Crippen molar-refractivity contribution in [3.63, 3.8) is 0 Å². The van der Waals surface area contributed by atoms with Crippen LogP contribution in [-0.4, -0.2) is 15.8 Å². The summed E-state index contributed by atoms with van der Waals surface area (Å²) in [6.07, 6.45) is 0.773. The summed E-state index contributed by atoms with van der Waals surface area (Å²) < 4.78 is 0. The van der Waals surface area contributed by atoms with Crippen molar-refractivity contribution in [1.82, 2.24) is 20.8 Å². The minimum Gasteiger partial charge on any atom is -0.309 e. The number of hydrogen-bond donors (Lipinski definition) is 2. The molecule has 2 N–H and O–H groups in total. The number of aryl methyl sites for hydroxylation is 1. The fraction of sp³-hybridized carbons (Fsp3) is 0.167. The number of aliphatic imine (C=N–C) groups is 1. The number of hydrazine groups is 1. The number of benzene rings is 2. The van der Waals surface area contributed by atoms with E-state index in [1.807, 2.05) is 43.3 Å². The Morgan fingerprint density at radius 2 is 1.96 bits per heavy atom. The van der Waals surface area contributed by atoms with Gasteiger partial charge in [0, 0.05) is 16.8 Å². The smallest absolute Gasteiger partial charge is 0.165 e. The van der Waals surface area contributed by atoms with Crippen LogP contribution in [0.25, 0.3) is 10.9 Å². The molecule has 1 aliphatic rings. The molecule has 1 aromatic heterocycles. The van der Waals surface area contributed by atoms with E-state index in [0.717, 1.165) is 23.2 Å². The van der Waals surface area contributed by atoms with Crippen molar-refractivity contribution >= 4 is 34.2 Å². The van der Waals surface area contributed by atoms with Gasteiger partial charge in [0.15, 0.2) is 5.82 Å². The van der Waals surface area contributed by atoms with Crippen molar-refractivity contribution < 1.29 is 0 Å². The van der Waals surface area contributed by atoms with Crippen molar-refractivity contribution in [2.24, 2.45) is 4.99 Å². The second-order valence-corrected chi connectivity index (χ2v) is 6.19. The molecule has 5 nitrogen and oxygen atoms in total. The van der Waals surface area contributed by atoms with E-state index in [1.54, 1.807) is 0 Å². The van der Waals surface area contributed by atoms with Crippen molar-refractivity contribution in [1.29, 1.82) is 0 Å². The zero-order valence-corrected chi connectivity index (χ0v) is 13.9. The zero-order chi connectivity index (χ0) is 16.5. The molecule has 2 aromatic carbocycles. The van der Waals surface area contributed by atoms with Crippen LogP contribution in [0.15, 0.2) is 53.5 Å². The molecular weight excluding hydrogens is 322 g/mol. The van der Waals surface area contributed by atoms with Crippen LogP contribution in [-0.2, 0) is 0 Å². The summed E-state index contributed by atoms with van der Waals surface area (Å²) in [5, 5.41) is 1.50. The predicted molar refractivity (Wildman–Crippen MR) is 96.5 cm³/mol. The average molecular weight is 338 g/mol. The highest BCUT2D eigenvalue weighted by molar-refractivity contribution is 6.31. The molecule has 1 unspecified atom stereocenters. The molecule has 2 heterocycles. The van der Waals surface area contributed by atoms with Crippen LogP contribution in [0.4, 0.5) is 5.82 Å². The van der Waals surface area contributed by atoms with Gasteiger partial charge in [-0.25, -0.2) is 20.4 Å². The normalized spacial score (nSPS) is 18.9.